The molecule has 1 amide bonds. The summed E-state index contributed by atoms with van der Waals surface area (Å²) in [7, 11) is 1.47. The summed E-state index contributed by atoms with van der Waals surface area (Å²) in [6.45, 7) is 0.148. The molecule has 122 valence electrons. The maximum absolute atomic E-state index is 11.9. The molecule has 0 aliphatic heterocycles. The van der Waals surface area contributed by atoms with Gasteiger partial charge in [-0.25, -0.2) is 9.48 Å². The van der Waals surface area contributed by atoms with E-state index in [0.717, 1.165) is 5.56 Å². The van der Waals surface area contributed by atoms with Gasteiger partial charge < -0.3 is 15.2 Å². The number of ether oxygens (including phenoxy) is 1. The van der Waals surface area contributed by atoms with Crippen LogP contribution in [0.4, 0.5) is 0 Å². The number of aromatic nitrogens is 3. The van der Waals surface area contributed by atoms with E-state index in [-0.39, 0.29) is 19.6 Å². The molecule has 0 saturated carbocycles. The largest absolute Gasteiger partial charge is 0.480 e. The molecule has 1 aromatic heterocycles. The van der Waals surface area contributed by atoms with Crippen molar-refractivity contribution in [2.75, 3.05) is 13.7 Å². The van der Waals surface area contributed by atoms with Gasteiger partial charge >= 0.3 is 5.97 Å². The Morgan fingerprint density at radius 3 is 2.74 bits per heavy atom. The number of hydrogen-bond acceptors (Lipinski definition) is 5. The zero-order chi connectivity index (χ0) is 16.7. The predicted octanol–water partition coefficient (Wildman–Crippen LogP) is 0.551. The van der Waals surface area contributed by atoms with Gasteiger partial charge in [0, 0.05) is 25.7 Å². The van der Waals surface area contributed by atoms with E-state index in [1.165, 1.54) is 11.8 Å². The lowest BCUT2D eigenvalue weighted by Gasteiger charge is -2.13. The number of rotatable bonds is 8. The van der Waals surface area contributed by atoms with Gasteiger partial charge in [0.25, 0.3) is 0 Å². The Labute approximate surface area is 133 Å². The zero-order valence-electron chi connectivity index (χ0n) is 12.7. The second-order valence-electron chi connectivity index (χ2n) is 4.91. The van der Waals surface area contributed by atoms with Crippen LogP contribution < -0.4 is 5.32 Å². The lowest BCUT2D eigenvalue weighted by Crippen LogP contribution is -2.43. The Balaban J connectivity index is 1.95. The van der Waals surface area contributed by atoms with Gasteiger partial charge in [0.2, 0.25) is 5.91 Å². The highest BCUT2D eigenvalue weighted by atomic mass is 16.5. The average Bonchev–Trinajstić information content (AvgIpc) is 3.00. The average molecular weight is 318 g/mol. The molecule has 0 fully saturated rings. The lowest BCUT2D eigenvalue weighted by molar-refractivity contribution is -0.142. The smallest absolute Gasteiger partial charge is 0.326 e. The second-order valence-corrected chi connectivity index (χ2v) is 4.91. The van der Waals surface area contributed by atoms with Crippen LogP contribution in [0.3, 0.4) is 0 Å². The molecule has 1 unspecified atom stereocenters. The molecule has 1 atom stereocenters. The van der Waals surface area contributed by atoms with Gasteiger partial charge in [0.1, 0.15) is 18.3 Å². The monoisotopic (exact) mass is 318 g/mol. The van der Waals surface area contributed by atoms with Crippen molar-refractivity contribution in [3.63, 3.8) is 0 Å². The Morgan fingerprint density at radius 1 is 1.35 bits per heavy atom. The van der Waals surface area contributed by atoms with Crippen molar-refractivity contribution in [3.8, 4) is 11.3 Å². The standard InChI is InChI=1S/C15H18N4O4/c1-23-8-7-12(15(21)22)16-14(20)10-19-9-13(17-18-19)11-5-3-2-4-6-11/h2-6,9,12H,7-8,10H2,1H3,(H,16,20)(H,21,22). The fourth-order valence-corrected chi connectivity index (χ4v) is 2.00. The van der Waals surface area contributed by atoms with Crippen molar-refractivity contribution in [2.24, 2.45) is 0 Å². The summed E-state index contributed by atoms with van der Waals surface area (Å²) in [5.74, 6) is -1.54. The first-order valence-corrected chi connectivity index (χ1v) is 7.07. The molecule has 2 N–H and O–H groups in total. The van der Waals surface area contributed by atoms with E-state index < -0.39 is 17.9 Å². The number of hydrogen-bond donors (Lipinski definition) is 2. The van der Waals surface area contributed by atoms with Crippen LogP contribution >= 0.6 is 0 Å². The van der Waals surface area contributed by atoms with E-state index >= 15 is 0 Å². The second kappa shape index (κ2) is 8.04. The summed E-state index contributed by atoms with van der Waals surface area (Å²) in [5, 5.41) is 19.4. The van der Waals surface area contributed by atoms with Crippen LogP contribution in [0.1, 0.15) is 6.42 Å². The number of benzene rings is 1. The molecule has 2 aromatic rings. The number of nitrogens with zero attached hydrogens (tertiary/aromatic N) is 3. The zero-order valence-corrected chi connectivity index (χ0v) is 12.7. The molecule has 0 radical (unpaired) electrons. The summed E-state index contributed by atoms with van der Waals surface area (Å²) >= 11 is 0. The summed E-state index contributed by atoms with van der Waals surface area (Å²) in [4.78, 5) is 23.0. The van der Waals surface area contributed by atoms with Crippen molar-refractivity contribution in [3.05, 3.63) is 36.5 Å². The van der Waals surface area contributed by atoms with Crippen LogP contribution in [0.15, 0.2) is 36.5 Å². The SMILES string of the molecule is COCCC(NC(=O)Cn1cc(-c2ccccc2)nn1)C(=O)O. The number of nitrogens with one attached hydrogen (secondary N) is 1. The normalized spacial score (nSPS) is 11.9. The minimum Gasteiger partial charge on any atom is -0.480 e. The lowest BCUT2D eigenvalue weighted by atomic mass is 10.2. The highest BCUT2D eigenvalue weighted by molar-refractivity contribution is 5.83. The van der Waals surface area contributed by atoms with Crippen LogP contribution in [0.5, 0.6) is 0 Å². The molecule has 1 heterocycles. The van der Waals surface area contributed by atoms with Gasteiger partial charge in [-0.2, -0.15) is 0 Å². The van der Waals surface area contributed by atoms with Gasteiger partial charge in [0.15, 0.2) is 0 Å². The predicted molar refractivity (Wildman–Crippen MR) is 81.5 cm³/mol. The minimum atomic E-state index is -1.10. The third-order valence-corrected chi connectivity index (χ3v) is 3.16. The molecule has 2 rings (SSSR count). The van der Waals surface area contributed by atoms with Gasteiger partial charge in [-0.3, -0.25) is 4.79 Å². The van der Waals surface area contributed by atoms with Crippen molar-refractivity contribution in [2.45, 2.75) is 19.0 Å². The third kappa shape index (κ3) is 4.89. The molecule has 23 heavy (non-hydrogen) atoms. The number of amides is 1. The van der Waals surface area contributed by atoms with Crippen molar-refractivity contribution in [1.29, 1.82) is 0 Å². The molecule has 0 bridgehead atoms. The first kappa shape index (κ1) is 16.6. The Kier molecular flexibility index (Phi) is 5.81. The number of carbonyl (C=O) groups is 2. The molecule has 0 spiro atoms. The van der Waals surface area contributed by atoms with Crippen molar-refractivity contribution < 1.29 is 19.4 Å². The summed E-state index contributed by atoms with van der Waals surface area (Å²) in [6, 6.07) is 8.45. The summed E-state index contributed by atoms with van der Waals surface area (Å²) in [5.41, 5.74) is 1.54. The van der Waals surface area contributed by atoms with E-state index in [9.17, 15) is 9.59 Å². The van der Waals surface area contributed by atoms with E-state index in [2.05, 4.69) is 15.6 Å². The van der Waals surface area contributed by atoms with Crippen LogP contribution in [0.2, 0.25) is 0 Å². The number of carboxylic acids is 1. The number of carboxylic acid groups (broad SMARTS) is 1. The Bertz CT molecular complexity index is 657. The highest BCUT2D eigenvalue weighted by Crippen LogP contribution is 2.14. The Morgan fingerprint density at radius 2 is 2.09 bits per heavy atom. The van der Waals surface area contributed by atoms with Crippen molar-refractivity contribution >= 4 is 11.9 Å². The van der Waals surface area contributed by atoms with Crippen LogP contribution in [0.25, 0.3) is 11.3 Å². The molecule has 8 nitrogen and oxygen atoms in total. The molecule has 1 aromatic carbocycles. The molecular weight excluding hydrogens is 300 g/mol. The molecule has 0 aliphatic carbocycles. The molecule has 0 aliphatic rings. The topological polar surface area (TPSA) is 106 Å². The highest BCUT2D eigenvalue weighted by Gasteiger charge is 2.20. The fraction of sp³-hybridized carbons (Fsp3) is 0.333. The van der Waals surface area contributed by atoms with Gasteiger partial charge in [0.05, 0.1) is 6.20 Å². The molecular formula is C15H18N4O4. The fourth-order valence-electron chi connectivity index (χ4n) is 2.00. The maximum Gasteiger partial charge on any atom is 0.326 e. The van der Waals surface area contributed by atoms with E-state index in [1.54, 1.807) is 6.20 Å². The van der Waals surface area contributed by atoms with Gasteiger partial charge in [-0.1, -0.05) is 35.5 Å². The summed E-state index contributed by atoms with van der Waals surface area (Å²) in [6.07, 6.45) is 1.84. The van der Waals surface area contributed by atoms with Gasteiger partial charge in [-0.15, -0.1) is 5.10 Å². The minimum absolute atomic E-state index is 0.101. The van der Waals surface area contributed by atoms with Crippen LogP contribution in [-0.4, -0.2) is 51.7 Å². The van der Waals surface area contributed by atoms with E-state index in [4.69, 9.17) is 9.84 Å². The number of aliphatic carboxylic acids is 1. The molecule has 8 heteroatoms. The number of carbonyl (C=O) groups excluding carboxylic acids is 1. The van der Waals surface area contributed by atoms with E-state index in [0.29, 0.717) is 5.69 Å². The van der Waals surface area contributed by atoms with Crippen LogP contribution in [0, 0.1) is 0 Å². The summed E-state index contributed by atoms with van der Waals surface area (Å²) < 4.78 is 6.20. The van der Waals surface area contributed by atoms with Crippen molar-refractivity contribution in [1.82, 2.24) is 20.3 Å². The van der Waals surface area contributed by atoms with Crippen LogP contribution in [-0.2, 0) is 20.9 Å². The number of methoxy groups -OCH3 is 1. The van der Waals surface area contributed by atoms with E-state index in [1.807, 2.05) is 30.3 Å². The molecule has 0 saturated heterocycles. The Hall–Kier alpha value is -2.74. The van der Waals surface area contributed by atoms with Gasteiger partial charge in [-0.05, 0) is 0 Å². The first-order chi connectivity index (χ1) is 11.1. The quantitative estimate of drug-likeness (QED) is 0.736. The maximum atomic E-state index is 11.9. The first-order valence-electron chi connectivity index (χ1n) is 7.07. The third-order valence-electron chi connectivity index (χ3n) is 3.16.